The number of hydrogen-bond donors (Lipinski definition) is 1. The van der Waals surface area contributed by atoms with Crippen molar-refractivity contribution in [3.05, 3.63) is 11.3 Å². The molecule has 1 aliphatic heterocycles. The first-order valence-corrected chi connectivity index (χ1v) is 4.21. The summed E-state index contributed by atoms with van der Waals surface area (Å²) < 4.78 is 0. The standard InChI is InChI=1S/C9H17N/c1-4-8-5-6-10-9(8)7(2)3/h7,10H,4-6H2,1-3H3. The molecule has 0 radical (unpaired) electrons. The van der Waals surface area contributed by atoms with Gasteiger partial charge in [-0.05, 0) is 24.3 Å². The second kappa shape index (κ2) is 3.09. The molecule has 0 fully saturated rings. The molecule has 0 aromatic carbocycles. The second-order valence-electron chi connectivity index (χ2n) is 3.20. The lowest BCUT2D eigenvalue weighted by Crippen LogP contribution is -2.12. The Hall–Kier alpha value is -0.460. The van der Waals surface area contributed by atoms with Crippen LogP contribution in [0.15, 0.2) is 11.3 Å². The van der Waals surface area contributed by atoms with Gasteiger partial charge in [-0.25, -0.2) is 0 Å². The van der Waals surface area contributed by atoms with Crippen LogP contribution in [0.1, 0.15) is 33.6 Å². The first-order valence-electron chi connectivity index (χ1n) is 4.21. The van der Waals surface area contributed by atoms with Crippen molar-refractivity contribution in [3.8, 4) is 0 Å². The highest BCUT2D eigenvalue weighted by Crippen LogP contribution is 2.22. The van der Waals surface area contributed by atoms with E-state index in [1.165, 1.54) is 18.5 Å². The molecule has 0 saturated carbocycles. The van der Waals surface area contributed by atoms with Crippen LogP contribution in [0.5, 0.6) is 0 Å². The minimum absolute atomic E-state index is 0.692. The Bertz CT molecular complexity index is 145. The van der Waals surface area contributed by atoms with Gasteiger partial charge < -0.3 is 5.32 Å². The summed E-state index contributed by atoms with van der Waals surface area (Å²) >= 11 is 0. The van der Waals surface area contributed by atoms with Crippen molar-refractivity contribution in [2.75, 3.05) is 6.54 Å². The highest BCUT2D eigenvalue weighted by molar-refractivity contribution is 5.19. The molecule has 0 aliphatic carbocycles. The van der Waals surface area contributed by atoms with E-state index in [4.69, 9.17) is 0 Å². The van der Waals surface area contributed by atoms with Gasteiger partial charge in [0, 0.05) is 12.2 Å². The Morgan fingerprint density at radius 1 is 1.50 bits per heavy atom. The van der Waals surface area contributed by atoms with E-state index in [0.29, 0.717) is 5.92 Å². The topological polar surface area (TPSA) is 12.0 Å². The van der Waals surface area contributed by atoms with Crippen molar-refractivity contribution < 1.29 is 0 Å². The quantitative estimate of drug-likeness (QED) is 0.619. The Morgan fingerprint density at radius 2 is 2.20 bits per heavy atom. The molecule has 0 spiro atoms. The van der Waals surface area contributed by atoms with Gasteiger partial charge in [0.25, 0.3) is 0 Å². The molecule has 1 rings (SSSR count). The zero-order valence-electron chi connectivity index (χ0n) is 7.20. The van der Waals surface area contributed by atoms with Gasteiger partial charge in [-0.3, -0.25) is 0 Å². The Labute approximate surface area is 63.5 Å². The molecule has 0 bridgehead atoms. The molecule has 0 amide bonds. The summed E-state index contributed by atoms with van der Waals surface area (Å²) in [5.74, 6) is 0.692. The van der Waals surface area contributed by atoms with Gasteiger partial charge in [0.05, 0.1) is 0 Å². The van der Waals surface area contributed by atoms with Crippen LogP contribution < -0.4 is 5.32 Å². The molecule has 0 unspecified atom stereocenters. The van der Waals surface area contributed by atoms with Gasteiger partial charge in [-0.15, -0.1) is 0 Å². The summed E-state index contributed by atoms with van der Waals surface area (Å²) in [6, 6.07) is 0. The molecule has 10 heavy (non-hydrogen) atoms. The lowest BCUT2D eigenvalue weighted by molar-refractivity contribution is 0.688. The summed E-state index contributed by atoms with van der Waals surface area (Å²) in [6.45, 7) is 7.91. The van der Waals surface area contributed by atoms with E-state index in [0.717, 1.165) is 6.54 Å². The first kappa shape index (κ1) is 7.64. The number of nitrogens with one attached hydrogen (secondary N) is 1. The average molecular weight is 139 g/mol. The summed E-state index contributed by atoms with van der Waals surface area (Å²) in [6.07, 6.45) is 2.49. The van der Waals surface area contributed by atoms with E-state index in [9.17, 15) is 0 Å². The Kier molecular flexibility index (Phi) is 2.36. The summed E-state index contributed by atoms with van der Waals surface area (Å²) in [5.41, 5.74) is 3.14. The molecule has 1 heteroatoms. The van der Waals surface area contributed by atoms with E-state index in [1.807, 2.05) is 0 Å². The van der Waals surface area contributed by atoms with E-state index in [1.54, 1.807) is 5.57 Å². The minimum atomic E-state index is 0.692. The minimum Gasteiger partial charge on any atom is -0.388 e. The monoisotopic (exact) mass is 139 g/mol. The van der Waals surface area contributed by atoms with E-state index >= 15 is 0 Å². The fourth-order valence-corrected chi connectivity index (χ4v) is 1.59. The zero-order valence-corrected chi connectivity index (χ0v) is 7.20. The van der Waals surface area contributed by atoms with Crippen molar-refractivity contribution in [2.45, 2.75) is 33.6 Å². The molecule has 0 atom stereocenters. The van der Waals surface area contributed by atoms with E-state index < -0.39 is 0 Å². The van der Waals surface area contributed by atoms with E-state index in [2.05, 4.69) is 26.1 Å². The number of allylic oxidation sites excluding steroid dienone is 1. The van der Waals surface area contributed by atoms with Crippen molar-refractivity contribution in [1.29, 1.82) is 0 Å². The maximum absolute atomic E-state index is 3.44. The zero-order chi connectivity index (χ0) is 7.56. The summed E-state index contributed by atoms with van der Waals surface area (Å²) in [5, 5.41) is 3.44. The van der Waals surface area contributed by atoms with Crippen molar-refractivity contribution in [1.82, 2.24) is 5.32 Å². The van der Waals surface area contributed by atoms with Gasteiger partial charge in [0.15, 0.2) is 0 Å². The van der Waals surface area contributed by atoms with E-state index in [-0.39, 0.29) is 0 Å². The molecule has 1 heterocycles. The van der Waals surface area contributed by atoms with Gasteiger partial charge in [0.1, 0.15) is 0 Å². The van der Waals surface area contributed by atoms with Crippen LogP contribution in [0.25, 0.3) is 0 Å². The molecule has 0 saturated heterocycles. The average Bonchev–Trinajstić information content (AvgIpc) is 2.33. The predicted molar refractivity (Wildman–Crippen MR) is 44.8 cm³/mol. The molecule has 1 aliphatic rings. The number of rotatable bonds is 2. The molecule has 58 valence electrons. The lowest BCUT2D eigenvalue weighted by Gasteiger charge is -2.09. The van der Waals surface area contributed by atoms with Crippen LogP contribution in [-0.2, 0) is 0 Å². The molecule has 1 N–H and O–H groups in total. The predicted octanol–water partition coefficient (Wildman–Crippen LogP) is 2.30. The summed E-state index contributed by atoms with van der Waals surface area (Å²) in [7, 11) is 0. The van der Waals surface area contributed by atoms with Crippen molar-refractivity contribution in [3.63, 3.8) is 0 Å². The van der Waals surface area contributed by atoms with Crippen LogP contribution in [0, 0.1) is 5.92 Å². The van der Waals surface area contributed by atoms with Crippen molar-refractivity contribution >= 4 is 0 Å². The fraction of sp³-hybridized carbons (Fsp3) is 0.778. The second-order valence-corrected chi connectivity index (χ2v) is 3.20. The van der Waals surface area contributed by atoms with Crippen LogP contribution in [0.2, 0.25) is 0 Å². The SMILES string of the molecule is CCC1=C(C(C)C)NCC1. The van der Waals surface area contributed by atoms with Crippen molar-refractivity contribution in [2.24, 2.45) is 5.92 Å². The van der Waals surface area contributed by atoms with Crippen LogP contribution >= 0.6 is 0 Å². The first-order chi connectivity index (χ1) is 4.75. The molecule has 1 nitrogen and oxygen atoms in total. The molecule has 0 aromatic rings. The maximum atomic E-state index is 3.44. The fourth-order valence-electron chi connectivity index (χ4n) is 1.59. The largest absolute Gasteiger partial charge is 0.388 e. The van der Waals surface area contributed by atoms with Gasteiger partial charge in [-0.1, -0.05) is 20.8 Å². The Balaban J connectivity index is 2.68. The van der Waals surface area contributed by atoms with Crippen LogP contribution in [-0.4, -0.2) is 6.54 Å². The maximum Gasteiger partial charge on any atom is 0.0182 e. The normalized spacial score (nSPS) is 18.4. The van der Waals surface area contributed by atoms with Gasteiger partial charge in [-0.2, -0.15) is 0 Å². The van der Waals surface area contributed by atoms with Gasteiger partial charge in [0.2, 0.25) is 0 Å². The number of hydrogen-bond acceptors (Lipinski definition) is 1. The summed E-state index contributed by atoms with van der Waals surface area (Å²) in [4.78, 5) is 0. The smallest absolute Gasteiger partial charge is 0.0182 e. The third-order valence-corrected chi connectivity index (χ3v) is 2.13. The molecular weight excluding hydrogens is 122 g/mol. The van der Waals surface area contributed by atoms with Crippen LogP contribution in [0.3, 0.4) is 0 Å². The highest BCUT2D eigenvalue weighted by Gasteiger charge is 2.13. The molecule has 0 aromatic heterocycles. The third-order valence-electron chi connectivity index (χ3n) is 2.13. The van der Waals surface area contributed by atoms with Gasteiger partial charge >= 0.3 is 0 Å². The highest BCUT2D eigenvalue weighted by atomic mass is 14.9. The van der Waals surface area contributed by atoms with Crippen LogP contribution in [0.4, 0.5) is 0 Å². The Morgan fingerprint density at radius 3 is 2.60 bits per heavy atom. The lowest BCUT2D eigenvalue weighted by atomic mass is 10.0. The third kappa shape index (κ3) is 1.34. The molecular formula is C9H17N.